The van der Waals surface area contributed by atoms with Gasteiger partial charge in [0.2, 0.25) is 5.13 Å². The van der Waals surface area contributed by atoms with Gasteiger partial charge in [0.05, 0.1) is 7.11 Å². The Morgan fingerprint density at radius 1 is 1.39 bits per heavy atom. The molecule has 0 unspecified atom stereocenters. The number of benzene rings is 1. The minimum absolute atomic E-state index is 0.362. The van der Waals surface area contributed by atoms with Crippen LogP contribution in [-0.4, -0.2) is 22.5 Å². The van der Waals surface area contributed by atoms with Gasteiger partial charge >= 0.3 is 6.03 Å². The van der Waals surface area contributed by atoms with E-state index >= 15 is 0 Å². The van der Waals surface area contributed by atoms with Crippen molar-refractivity contribution in [3.8, 4) is 5.75 Å². The number of nitrogens with one attached hydrogen (secondary N) is 2. The van der Waals surface area contributed by atoms with Crippen molar-refractivity contribution in [1.82, 2.24) is 9.36 Å². The lowest BCUT2D eigenvalue weighted by Crippen LogP contribution is -2.19. The van der Waals surface area contributed by atoms with Crippen LogP contribution in [0.2, 0.25) is 0 Å². The quantitative estimate of drug-likeness (QED) is 0.893. The topological polar surface area (TPSA) is 76.1 Å². The van der Waals surface area contributed by atoms with Crippen LogP contribution in [0.5, 0.6) is 5.75 Å². The third kappa shape index (κ3) is 3.17. The fourth-order valence-corrected chi connectivity index (χ4v) is 1.88. The molecule has 0 fully saturated rings. The van der Waals surface area contributed by atoms with E-state index in [1.807, 2.05) is 0 Å². The van der Waals surface area contributed by atoms with Crippen molar-refractivity contribution >= 4 is 28.4 Å². The standard InChI is InChI=1S/C11H12N4O2S/c1-7-12-11(18-15-7)14-10(16)13-8-4-3-5-9(6-8)17-2/h3-6H,1-2H3,(H2,12,13,14,15,16). The zero-order valence-corrected chi connectivity index (χ0v) is 10.7. The van der Waals surface area contributed by atoms with Crippen molar-refractivity contribution in [2.75, 3.05) is 17.7 Å². The van der Waals surface area contributed by atoms with Gasteiger partial charge in [0.25, 0.3) is 0 Å². The van der Waals surface area contributed by atoms with E-state index in [0.29, 0.717) is 22.4 Å². The Morgan fingerprint density at radius 3 is 2.89 bits per heavy atom. The molecule has 2 amide bonds. The lowest BCUT2D eigenvalue weighted by Gasteiger charge is -2.06. The number of carbonyl (C=O) groups is 1. The summed E-state index contributed by atoms with van der Waals surface area (Å²) in [5.74, 6) is 1.32. The molecule has 0 saturated heterocycles. The molecule has 0 radical (unpaired) electrons. The van der Waals surface area contributed by atoms with Crippen molar-refractivity contribution in [2.45, 2.75) is 6.92 Å². The second-order valence-corrected chi connectivity index (χ2v) is 4.21. The summed E-state index contributed by atoms with van der Waals surface area (Å²) in [6.07, 6.45) is 0. The molecule has 1 aromatic carbocycles. The van der Waals surface area contributed by atoms with Gasteiger partial charge in [0, 0.05) is 23.3 Å². The number of ether oxygens (including phenoxy) is 1. The highest BCUT2D eigenvalue weighted by molar-refractivity contribution is 7.09. The van der Waals surface area contributed by atoms with Gasteiger partial charge in [-0.15, -0.1) is 0 Å². The third-order valence-corrected chi connectivity index (χ3v) is 2.80. The Labute approximate surface area is 108 Å². The fraction of sp³-hybridized carbons (Fsp3) is 0.182. The lowest BCUT2D eigenvalue weighted by atomic mass is 10.3. The normalized spacial score (nSPS) is 9.89. The number of urea groups is 1. The van der Waals surface area contributed by atoms with E-state index in [4.69, 9.17) is 4.74 Å². The summed E-state index contributed by atoms with van der Waals surface area (Å²) in [7, 11) is 1.57. The first-order valence-electron chi connectivity index (χ1n) is 5.20. The van der Waals surface area contributed by atoms with Crippen molar-refractivity contribution in [2.24, 2.45) is 0 Å². The highest BCUT2D eigenvalue weighted by Gasteiger charge is 2.06. The van der Waals surface area contributed by atoms with Gasteiger partial charge < -0.3 is 10.1 Å². The summed E-state index contributed by atoms with van der Waals surface area (Å²) >= 11 is 1.14. The Bertz CT molecular complexity index is 555. The Balaban J connectivity index is 1.98. The van der Waals surface area contributed by atoms with Crippen molar-refractivity contribution in [1.29, 1.82) is 0 Å². The zero-order chi connectivity index (χ0) is 13.0. The molecule has 0 saturated carbocycles. The molecule has 0 atom stereocenters. The molecule has 0 bridgehead atoms. The van der Waals surface area contributed by atoms with Gasteiger partial charge in [-0.25, -0.2) is 9.78 Å². The number of hydrogen-bond donors (Lipinski definition) is 2. The first-order valence-corrected chi connectivity index (χ1v) is 5.97. The first-order chi connectivity index (χ1) is 8.67. The summed E-state index contributed by atoms with van der Waals surface area (Å²) in [5, 5.41) is 5.75. The molecular weight excluding hydrogens is 252 g/mol. The number of carbonyl (C=O) groups excluding carboxylic acids is 1. The molecule has 0 aliphatic carbocycles. The highest BCUT2D eigenvalue weighted by Crippen LogP contribution is 2.17. The number of nitrogens with zero attached hydrogens (tertiary/aromatic N) is 2. The van der Waals surface area contributed by atoms with E-state index in [9.17, 15) is 4.79 Å². The lowest BCUT2D eigenvalue weighted by molar-refractivity contribution is 0.262. The Hall–Kier alpha value is -2.15. The molecule has 1 aromatic heterocycles. The molecule has 0 aliphatic rings. The molecule has 1 heterocycles. The minimum Gasteiger partial charge on any atom is -0.497 e. The number of aryl methyl sites for hydroxylation is 1. The van der Waals surface area contributed by atoms with Crippen LogP contribution in [0.3, 0.4) is 0 Å². The molecule has 7 heteroatoms. The number of anilines is 2. The SMILES string of the molecule is COc1cccc(NC(=O)Nc2nc(C)ns2)c1. The van der Waals surface area contributed by atoms with E-state index in [1.165, 1.54) is 0 Å². The molecule has 18 heavy (non-hydrogen) atoms. The maximum absolute atomic E-state index is 11.7. The average molecular weight is 264 g/mol. The molecule has 0 aliphatic heterocycles. The summed E-state index contributed by atoms with van der Waals surface area (Å²) < 4.78 is 9.04. The van der Waals surface area contributed by atoms with Gasteiger partial charge in [0.1, 0.15) is 11.6 Å². The Morgan fingerprint density at radius 2 is 2.22 bits per heavy atom. The maximum atomic E-state index is 11.7. The van der Waals surface area contributed by atoms with Gasteiger partial charge in [0.15, 0.2) is 0 Å². The monoisotopic (exact) mass is 264 g/mol. The van der Waals surface area contributed by atoms with Crippen molar-refractivity contribution in [3.63, 3.8) is 0 Å². The molecule has 2 aromatic rings. The van der Waals surface area contributed by atoms with Crippen LogP contribution in [0.4, 0.5) is 15.6 Å². The predicted octanol–water partition coefficient (Wildman–Crippen LogP) is 2.50. The second-order valence-electron chi connectivity index (χ2n) is 3.46. The van der Waals surface area contributed by atoms with Crippen LogP contribution in [0.25, 0.3) is 0 Å². The molecule has 6 nitrogen and oxygen atoms in total. The maximum Gasteiger partial charge on any atom is 0.325 e. The smallest absolute Gasteiger partial charge is 0.325 e. The van der Waals surface area contributed by atoms with Crippen molar-refractivity contribution < 1.29 is 9.53 Å². The second kappa shape index (κ2) is 5.46. The van der Waals surface area contributed by atoms with E-state index < -0.39 is 0 Å². The number of amides is 2. The number of aromatic nitrogens is 2. The zero-order valence-electron chi connectivity index (χ0n) is 9.93. The largest absolute Gasteiger partial charge is 0.497 e. The fourth-order valence-electron chi connectivity index (χ4n) is 1.31. The molecule has 94 valence electrons. The summed E-state index contributed by atoms with van der Waals surface area (Å²) in [4.78, 5) is 15.7. The van der Waals surface area contributed by atoms with Crippen LogP contribution in [0, 0.1) is 6.92 Å². The molecule has 2 rings (SSSR count). The number of methoxy groups -OCH3 is 1. The molecule has 2 N–H and O–H groups in total. The predicted molar refractivity (Wildman–Crippen MR) is 70.3 cm³/mol. The van der Waals surface area contributed by atoms with E-state index in [-0.39, 0.29) is 6.03 Å². The van der Waals surface area contributed by atoms with E-state index in [0.717, 1.165) is 11.5 Å². The van der Waals surface area contributed by atoms with Crippen molar-refractivity contribution in [3.05, 3.63) is 30.1 Å². The van der Waals surface area contributed by atoms with Gasteiger partial charge in [-0.2, -0.15) is 4.37 Å². The van der Waals surface area contributed by atoms with Gasteiger partial charge in [-0.1, -0.05) is 6.07 Å². The minimum atomic E-state index is -0.362. The number of rotatable bonds is 3. The van der Waals surface area contributed by atoms with Gasteiger partial charge in [-0.05, 0) is 19.1 Å². The van der Waals surface area contributed by atoms with E-state index in [2.05, 4.69) is 20.0 Å². The molecular formula is C11H12N4O2S. The summed E-state index contributed by atoms with van der Waals surface area (Å²) in [5.41, 5.74) is 0.646. The van der Waals surface area contributed by atoms with Crippen LogP contribution in [0.1, 0.15) is 5.82 Å². The van der Waals surface area contributed by atoms with Crippen LogP contribution in [-0.2, 0) is 0 Å². The van der Waals surface area contributed by atoms with Gasteiger partial charge in [-0.3, -0.25) is 5.32 Å². The Kier molecular flexibility index (Phi) is 3.73. The third-order valence-electron chi connectivity index (χ3n) is 2.08. The molecule has 0 spiro atoms. The highest BCUT2D eigenvalue weighted by atomic mass is 32.1. The average Bonchev–Trinajstić information content (AvgIpc) is 2.74. The van der Waals surface area contributed by atoms with Crippen LogP contribution in [0.15, 0.2) is 24.3 Å². The van der Waals surface area contributed by atoms with E-state index in [1.54, 1.807) is 38.3 Å². The first kappa shape index (κ1) is 12.3. The van der Waals surface area contributed by atoms with Crippen LogP contribution < -0.4 is 15.4 Å². The van der Waals surface area contributed by atoms with Crippen LogP contribution >= 0.6 is 11.5 Å². The number of hydrogen-bond acceptors (Lipinski definition) is 5. The summed E-state index contributed by atoms with van der Waals surface area (Å²) in [6.45, 7) is 1.77. The summed E-state index contributed by atoms with van der Waals surface area (Å²) in [6, 6.07) is 6.73.